The lowest BCUT2D eigenvalue weighted by Crippen LogP contribution is -2.46. The van der Waals surface area contributed by atoms with E-state index in [1.807, 2.05) is 0 Å². The summed E-state index contributed by atoms with van der Waals surface area (Å²) >= 11 is 0. The molecular formula is C54H77N17O12. The lowest BCUT2D eigenvalue weighted by Gasteiger charge is -2.21. The van der Waals surface area contributed by atoms with Crippen molar-refractivity contribution in [2.75, 3.05) is 75.9 Å². The summed E-state index contributed by atoms with van der Waals surface area (Å²) in [6, 6.07) is 12.6. The highest BCUT2D eigenvalue weighted by Crippen LogP contribution is 2.28. The average Bonchev–Trinajstić information content (AvgIpc) is 3.67. The highest BCUT2D eigenvalue weighted by Gasteiger charge is 2.29. The second-order valence-electron chi connectivity index (χ2n) is 18.6. The molecule has 0 unspecified atom stereocenters. The molecule has 0 heterocycles. The molecule has 8 amide bonds. The van der Waals surface area contributed by atoms with Crippen molar-refractivity contribution in [2.24, 2.45) is 50.9 Å². The molecule has 4 rings (SSSR count). The van der Waals surface area contributed by atoms with Crippen LogP contribution in [0.15, 0.2) is 77.8 Å². The predicted octanol–water partition coefficient (Wildman–Crippen LogP) is -0.601. The van der Waals surface area contributed by atoms with Gasteiger partial charge in [0.05, 0.1) is 56.7 Å². The summed E-state index contributed by atoms with van der Waals surface area (Å²) in [4.78, 5) is 113. The van der Waals surface area contributed by atoms with Crippen LogP contribution in [0.4, 0.5) is 22.7 Å². The summed E-state index contributed by atoms with van der Waals surface area (Å²) in [7, 11) is 5.35. The van der Waals surface area contributed by atoms with Crippen molar-refractivity contribution >= 4 is 76.0 Å². The third-order valence-corrected chi connectivity index (χ3v) is 12.5. The summed E-state index contributed by atoms with van der Waals surface area (Å²) in [5.74, 6) is -5.38. The van der Waals surface area contributed by atoms with Crippen LogP contribution in [0.2, 0.25) is 0 Å². The number of methoxy groups -OCH3 is 4. The highest BCUT2D eigenvalue weighted by molar-refractivity contribution is 6.07. The molecule has 0 spiro atoms. The minimum absolute atomic E-state index is 0.0107. The van der Waals surface area contributed by atoms with Gasteiger partial charge in [-0.05, 0) is 144 Å². The molecule has 0 aliphatic heterocycles. The van der Waals surface area contributed by atoms with Crippen LogP contribution < -0.4 is 107 Å². The Balaban J connectivity index is 1.55. The SMILES string of the molecule is COc1ccc(NC(=O)[C@@H](CCCN)NC(=O)c2cc(NC(=O)[C@@H](CCCN=C(N)N)NC(=O)c3cc(NC(=O)[C@@H](CCCN)NC(=O)c4cc(NC(=O)[C@H](N)CCCNC(N)N)ccc4OC)ccc3OC)ccc2OC)cc1C(N)=O. The van der Waals surface area contributed by atoms with Gasteiger partial charge in [0, 0.05) is 29.3 Å². The number of ether oxygens (including phenoxy) is 4. The zero-order chi connectivity index (χ0) is 61.2. The normalized spacial score (nSPS) is 12.3. The number of nitrogens with two attached hydrogens (primary N) is 8. The van der Waals surface area contributed by atoms with Crippen LogP contribution in [0, 0.1) is 0 Å². The molecule has 24 N–H and O–H groups in total. The smallest absolute Gasteiger partial charge is 0.255 e. The van der Waals surface area contributed by atoms with Gasteiger partial charge in [0.1, 0.15) is 47.4 Å². The second-order valence-corrected chi connectivity index (χ2v) is 18.6. The standard InChI is InChI=1S/C54H77N17O12/c1-80-41-17-13-29(25-33(41)45(58)72)66-50(77)38(10-5-21-55)69-47(74)35-28-32(16-20-43(35)82-3)68-52(79)40(12-8-24-64-54(61)62)71-48(75)36-27-31(15-19-44(36)83-4)67-51(78)39(11-6-22-56)70-46(73)34-26-30(14-18-42(34)81-2)65-49(76)37(57)9-7-23-63-53(59)60/h13-20,25-28,37-40,53,63H,5-12,21-24,55-57,59-60H2,1-4H3,(H2,58,72)(H,65,76)(H,66,77)(H,67,78)(H,68,79)(H,69,74)(H,70,73)(H,71,75)(H4,61,62,64)/t37-,38-,39-,40-/m1/s1. The maximum atomic E-state index is 14.3. The largest absolute Gasteiger partial charge is 0.496 e. The predicted molar refractivity (Wildman–Crippen MR) is 313 cm³/mol. The molecule has 29 heteroatoms. The van der Waals surface area contributed by atoms with Crippen LogP contribution in [0.25, 0.3) is 0 Å². The van der Waals surface area contributed by atoms with Gasteiger partial charge >= 0.3 is 0 Å². The first-order valence-corrected chi connectivity index (χ1v) is 26.3. The molecule has 4 aromatic carbocycles. The van der Waals surface area contributed by atoms with Gasteiger partial charge in [-0.15, -0.1) is 0 Å². The highest BCUT2D eigenvalue weighted by atomic mass is 16.5. The zero-order valence-corrected chi connectivity index (χ0v) is 46.8. The number of amides is 8. The molecule has 450 valence electrons. The Morgan fingerprint density at radius 3 is 1.12 bits per heavy atom. The number of nitrogens with zero attached hydrogens (tertiary/aromatic N) is 1. The molecule has 29 nitrogen and oxygen atoms in total. The van der Waals surface area contributed by atoms with Crippen molar-refractivity contribution in [3.63, 3.8) is 0 Å². The van der Waals surface area contributed by atoms with Crippen LogP contribution in [0.5, 0.6) is 23.0 Å². The van der Waals surface area contributed by atoms with Crippen molar-refractivity contribution in [3.05, 3.63) is 95.1 Å². The van der Waals surface area contributed by atoms with E-state index in [1.165, 1.54) is 101 Å². The summed E-state index contributed by atoms with van der Waals surface area (Å²) in [5.41, 5.74) is 45.7. The Morgan fingerprint density at radius 2 is 0.795 bits per heavy atom. The van der Waals surface area contributed by atoms with Crippen LogP contribution in [-0.4, -0.2) is 138 Å². The van der Waals surface area contributed by atoms with Crippen LogP contribution in [-0.2, 0) is 19.2 Å². The Hall–Kier alpha value is -9.13. The molecule has 0 fully saturated rings. The number of anilines is 4. The number of guanidine groups is 1. The molecule has 0 bridgehead atoms. The molecule has 0 aliphatic carbocycles. The first-order valence-electron chi connectivity index (χ1n) is 26.3. The fourth-order valence-electron chi connectivity index (χ4n) is 8.17. The molecular weight excluding hydrogens is 1080 g/mol. The Bertz CT molecular complexity index is 2940. The van der Waals surface area contributed by atoms with E-state index in [9.17, 15) is 38.4 Å². The van der Waals surface area contributed by atoms with Crippen molar-refractivity contribution in [2.45, 2.75) is 81.8 Å². The lowest BCUT2D eigenvalue weighted by molar-refractivity contribution is -0.118. The number of rotatable bonds is 34. The average molecular weight is 1160 g/mol. The second kappa shape index (κ2) is 33.6. The van der Waals surface area contributed by atoms with Crippen molar-refractivity contribution in [1.29, 1.82) is 0 Å². The van der Waals surface area contributed by atoms with Crippen molar-refractivity contribution in [3.8, 4) is 23.0 Å². The third kappa shape index (κ3) is 20.7. The van der Waals surface area contributed by atoms with E-state index in [0.29, 0.717) is 32.2 Å². The molecule has 0 saturated carbocycles. The van der Waals surface area contributed by atoms with Gasteiger partial charge in [-0.1, -0.05) is 0 Å². The van der Waals surface area contributed by atoms with Gasteiger partial charge in [-0.2, -0.15) is 0 Å². The molecule has 4 atom stereocenters. The number of nitrogens with one attached hydrogen (secondary N) is 8. The van der Waals surface area contributed by atoms with Gasteiger partial charge < -0.3 is 102 Å². The van der Waals surface area contributed by atoms with Gasteiger partial charge in [-0.3, -0.25) is 48.7 Å². The number of benzene rings is 4. The maximum absolute atomic E-state index is 14.3. The van der Waals surface area contributed by atoms with E-state index in [-0.39, 0.29) is 119 Å². The number of aliphatic imine (C=N–C) groups is 1. The van der Waals surface area contributed by atoms with Gasteiger partial charge in [-0.25, -0.2) is 0 Å². The molecule has 0 aliphatic rings. The van der Waals surface area contributed by atoms with Crippen LogP contribution >= 0.6 is 0 Å². The Labute approximate surface area is 479 Å². The zero-order valence-electron chi connectivity index (χ0n) is 46.8. The Kier molecular flexibility index (Phi) is 26.9. The summed E-state index contributed by atoms with van der Waals surface area (Å²) in [6.07, 6.45) is 1.15. The third-order valence-electron chi connectivity index (χ3n) is 12.5. The van der Waals surface area contributed by atoms with Gasteiger partial charge in [0.2, 0.25) is 23.6 Å². The van der Waals surface area contributed by atoms with E-state index < -0.39 is 77.7 Å². The Morgan fingerprint density at radius 1 is 0.458 bits per heavy atom. The lowest BCUT2D eigenvalue weighted by atomic mass is 10.1. The molecule has 83 heavy (non-hydrogen) atoms. The first kappa shape index (κ1) is 66.4. The minimum Gasteiger partial charge on any atom is -0.496 e. The van der Waals surface area contributed by atoms with Gasteiger partial charge in [0.15, 0.2) is 5.96 Å². The first-order chi connectivity index (χ1) is 39.7. The van der Waals surface area contributed by atoms with Crippen LogP contribution in [0.3, 0.4) is 0 Å². The molecule has 4 aromatic rings. The number of hydrogen-bond acceptors (Lipinski definition) is 19. The van der Waals surface area contributed by atoms with E-state index in [0.717, 1.165) is 0 Å². The van der Waals surface area contributed by atoms with Crippen LogP contribution in [0.1, 0.15) is 92.8 Å². The van der Waals surface area contributed by atoms with E-state index in [2.05, 4.69) is 47.5 Å². The van der Waals surface area contributed by atoms with E-state index in [4.69, 9.17) is 64.8 Å². The summed E-state index contributed by atoms with van der Waals surface area (Å²) in [6.45, 7) is 0.890. The minimum atomic E-state index is -1.28. The fraction of sp³-hybridized carbons (Fsp3) is 0.389. The summed E-state index contributed by atoms with van der Waals surface area (Å²) < 4.78 is 21.6. The monoisotopic (exact) mass is 1160 g/mol. The number of carbonyl (C=O) groups is 8. The quantitative estimate of drug-likeness (QED) is 0.0120. The summed E-state index contributed by atoms with van der Waals surface area (Å²) in [5, 5.41) is 21.8. The molecule has 0 saturated heterocycles. The number of primary amides is 1. The van der Waals surface area contributed by atoms with E-state index in [1.54, 1.807) is 0 Å². The number of carbonyl (C=O) groups excluding carboxylic acids is 8. The van der Waals surface area contributed by atoms with E-state index >= 15 is 0 Å². The number of hydrogen-bond donors (Lipinski definition) is 16. The topological polar surface area (TPSA) is 490 Å². The van der Waals surface area contributed by atoms with Crippen molar-refractivity contribution < 1.29 is 57.3 Å². The van der Waals surface area contributed by atoms with Crippen molar-refractivity contribution in [1.82, 2.24) is 21.3 Å². The van der Waals surface area contributed by atoms with Gasteiger partial charge in [0.25, 0.3) is 23.6 Å². The molecule has 0 radical (unpaired) electrons. The maximum Gasteiger partial charge on any atom is 0.255 e. The fourth-order valence-corrected chi connectivity index (χ4v) is 8.17. The molecule has 0 aromatic heterocycles.